The molecule has 0 aliphatic rings. The Hall–Kier alpha value is -0.840. The molecule has 0 atom stereocenters. The van der Waals surface area contributed by atoms with Crippen molar-refractivity contribution in [2.75, 3.05) is 0 Å². The van der Waals surface area contributed by atoms with Crippen LogP contribution in [0.25, 0.3) is 0 Å². The van der Waals surface area contributed by atoms with Crippen molar-refractivity contribution in [3.8, 4) is 0 Å². The van der Waals surface area contributed by atoms with Gasteiger partial charge in [0.05, 0.1) is 5.01 Å². The quantitative estimate of drug-likeness (QED) is 0.815. The standard InChI is InChI=1S/C16H22N2S2/c1-12-17-10-15(20-12)11-19-14-7-5-6-13(8-14)9-18-16(2,3)4/h5-8,10,18H,9,11H2,1-4H3. The number of hydrogen-bond acceptors (Lipinski definition) is 4. The first-order valence-electron chi connectivity index (χ1n) is 6.80. The first kappa shape index (κ1) is 15.5. The molecule has 1 aromatic heterocycles. The fourth-order valence-electron chi connectivity index (χ4n) is 1.74. The highest BCUT2D eigenvalue weighted by atomic mass is 32.2. The van der Waals surface area contributed by atoms with Crippen molar-refractivity contribution in [1.29, 1.82) is 0 Å². The van der Waals surface area contributed by atoms with Gasteiger partial charge in [0, 0.05) is 33.8 Å². The molecule has 1 N–H and O–H groups in total. The number of thioether (sulfide) groups is 1. The van der Waals surface area contributed by atoms with E-state index in [2.05, 4.69) is 62.3 Å². The van der Waals surface area contributed by atoms with Crippen molar-refractivity contribution in [3.63, 3.8) is 0 Å². The Bertz CT molecular complexity index is 556. The second-order valence-corrected chi connectivity index (χ2v) is 8.25. The van der Waals surface area contributed by atoms with Crippen molar-refractivity contribution in [3.05, 3.63) is 45.9 Å². The minimum atomic E-state index is 0.156. The second-order valence-electron chi connectivity index (χ2n) is 5.89. The summed E-state index contributed by atoms with van der Waals surface area (Å²) in [6.07, 6.45) is 1.98. The monoisotopic (exact) mass is 306 g/mol. The van der Waals surface area contributed by atoms with Crippen LogP contribution >= 0.6 is 23.1 Å². The number of rotatable bonds is 5. The molecule has 0 aliphatic heterocycles. The summed E-state index contributed by atoms with van der Waals surface area (Å²) in [7, 11) is 0. The molecule has 4 heteroatoms. The van der Waals surface area contributed by atoms with Gasteiger partial charge in [0.25, 0.3) is 0 Å². The summed E-state index contributed by atoms with van der Waals surface area (Å²) in [5.74, 6) is 1.00. The third kappa shape index (κ3) is 5.27. The largest absolute Gasteiger partial charge is 0.308 e. The Morgan fingerprint density at radius 3 is 2.75 bits per heavy atom. The molecule has 0 radical (unpaired) electrons. The van der Waals surface area contributed by atoms with Gasteiger partial charge in [0.2, 0.25) is 0 Å². The topological polar surface area (TPSA) is 24.9 Å². The van der Waals surface area contributed by atoms with Crippen molar-refractivity contribution < 1.29 is 0 Å². The Morgan fingerprint density at radius 2 is 2.10 bits per heavy atom. The molecule has 20 heavy (non-hydrogen) atoms. The number of aryl methyl sites for hydroxylation is 1. The van der Waals surface area contributed by atoms with Gasteiger partial charge in [-0.05, 0) is 45.4 Å². The van der Waals surface area contributed by atoms with Crippen molar-refractivity contribution in [2.45, 2.75) is 50.4 Å². The number of thiazole rings is 1. The van der Waals surface area contributed by atoms with E-state index >= 15 is 0 Å². The first-order valence-corrected chi connectivity index (χ1v) is 8.61. The van der Waals surface area contributed by atoms with Crippen LogP contribution in [0.4, 0.5) is 0 Å². The summed E-state index contributed by atoms with van der Waals surface area (Å²) < 4.78 is 0. The summed E-state index contributed by atoms with van der Waals surface area (Å²) in [6, 6.07) is 8.77. The SMILES string of the molecule is Cc1ncc(CSc2cccc(CNC(C)(C)C)c2)s1. The van der Waals surface area contributed by atoms with Gasteiger partial charge in [-0.2, -0.15) is 0 Å². The Labute approximate surface area is 130 Å². The maximum Gasteiger partial charge on any atom is 0.0897 e. The van der Waals surface area contributed by atoms with E-state index in [4.69, 9.17) is 0 Å². The van der Waals surface area contributed by atoms with Crippen molar-refractivity contribution in [2.24, 2.45) is 0 Å². The van der Waals surface area contributed by atoms with Crippen LogP contribution in [0.1, 0.15) is 36.2 Å². The van der Waals surface area contributed by atoms with Crippen LogP contribution in [0, 0.1) is 6.92 Å². The van der Waals surface area contributed by atoms with E-state index in [-0.39, 0.29) is 5.54 Å². The maximum absolute atomic E-state index is 4.30. The van der Waals surface area contributed by atoms with Crippen LogP contribution in [-0.4, -0.2) is 10.5 Å². The van der Waals surface area contributed by atoms with Gasteiger partial charge in [0.15, 0.2) is 0 Å². The molecule has 0 amide bonds. The van der Waals surface area contributed by atoms with E-state index in [0.717, 1.165) is 17.3 Å². The lowest BCUT2D eigenvalue weighted by Crippen LogP contribution is -2.35. The Morgan fingerprint density at radius 1 is 1.30 bits per heavy atom. The molecular formula is C16H22N2S2. The van der Waals surface area contributed by atoms with E-state index in [1.165, 1.54) is 15.3 Å². The molecule has 108 valence electrons. The van der Waals surface area contributed by atoms with Gasteiger partial charge < -0.3 is 5.32 Å². The third-order valence-electron chi connectivity index (χ3n) is 2.77. The number of hydrogen-bond donors (Lipinski definition) is 1. The van der Waals surface area contributed by atoms with E-state index in [9.17, 15) is 0 Å². The zero-order chi connectivity index (χ0) is 14.6. The molecule has 0 saturated carbocycles. The van der Waals surface area contributed by atoms with E-state index in [1.807, 2.05) is 18.0 Å². The smallest absolute Gasteiger partial charge is 0.0897 e. The lowest BCUT2D eigenvalue weighted by molar-refractivity contribution is 0.424. The lowest BCUT2D eigenvalue weighted by atomic mass is 10.1. The molecule has 0 spiro atoms. The number of benzene rings is 1. The molecule has 2 nitrogen and oxygen atoms in total. The summed E-state index contributed by atoms with van der Waals surface area (Å²) in [6.45, 7) is 9.54. The normalized spacial score (nSPS) is 11.8. The van der Waals surface area contributed by atoms with Gasteiger partial charge >= 0.3 is 0 Å². The van der Waals surface area contributed by atoms with E-state index in [0.29, 0.717) is 0 Å². The van der Waals surface area contributed by atoms with Crippen molar-refractivity contribution >= 4 is 23.1 Å². The van der Waals surface area contributed by atoms with E-state index in [1.54, 1.807) is 11.3 Å². The van der Waals surface area contributed by atoms with Gasteiger partial charge in [-0.1, -0.05) is 12.1 Å². The zero-order valence-corrected chi connectivity index (χ0v) is 14.2. The number of aromatic nitrogens is 1. The van der Waals surface area contributed by atoms with Gasteiger partial charge in [-0.15, -0.1) is 23.1 Å². The molecule has 0 fully saturated rings. The van der Waals surface area contributed by atoms with Gasteiger partial charge in [-0.25, -0.2) is 4.98 Å². The zero-order valence-electron chi connectivity index (χ0n) is 12.6. The average molecular weight is 306 g/mol. The Kier molecular flexibility index (Phi) is 5.24. The summed E-state index contributed by atoms with van der Waals surface area (Å²) in [5, 5.41) is 4.67. The third-order valence-corrected chi connectivity index (χ3v) is 4.91. The van der Waals surface area contributed by atoms with Crippen LogP contribution in [0.15, 0.2) is 35.4 Å². The lowest BCUT2D eigenvalue weighted by Gasteiger charge is -2.20. The number of nitrogens with one attached hydrogen (secondary N) is 1. The molecule has 1 heterocycles. The molecule has 0 saturated heterocycles. The highest BCUT2D eigenvalue weighted by Crippen LogP contribution is 2.26. The minimum Gasteiger partial charge on any atom is -0.308 e. The van der Waals surface area contributed by atoms with Crippen LogP contribution in [0.2, 0.25) is 0 Å². The van der Waals surface area contributed by atoms with Crippen molar-refractivity contribution in [1.82, 2.24) is 10.3 Å². The predicted octanol–water partition coefficient (Wildman–Crippen LogP) is 4.63. The fraction of sp³-hybridized carbons (Fsp3) is 0.438. The van der Waals surface area contributed by atoms with Crippen LogP contribution < -0.4 is 5.32 Å². The fourth-order valence-corrected chi connectivity index (χ4v) is 3.53. The van der Waals surface area contributed by atoms with Crippen LogP contribution in [0.3, 0.4) is 0 Å². The molecule has 1 aromatic carbocycles. The van der Waals surface area contributed by atoms with Gasteiger partial charge in [-0.3, -0.25) is 0 Å². The van der Waals surface area contributed by atoms with Crippen LogP contribution in [0.5, 0.6) is 0 Å². The highest BCUT2D eigenvalue weighted by Gasteiger charge is 2.08. The summed E-state index contributed by atoms with van der Waals surface area (Å²) in [5.41, 5.74) is 1.49. The summed E-state index contributed by atoms with van der Waals surface area (Å²) >= 11 is 3.66. The second kappa shape index (κ2) is 6.74. The Balaban J connectivity index is 1.92. The molecule has 0 unspecified atom stereocenters. The molecule has 0 bridgehead atoms. The molecule has 2 rings (SSSR count). The summed E-state index contributed by atoms with van der Waals surface area (Å²) in [4.78, 5) is 6.96. The molecular weight excluding hydrogens is 284 g/mol. The molecule has 0 aliphatic carbocycles. The van der Waals surface area contributed by atoms with E-state index < -0.39 is 0 Å². The average Bonchev–Trinajstić information content (AvgIpc) is 2.80. The van der Waals surface area contributed by atoms with Crippen LogP contribution in [-0.2, 0) is 12.3 Å². The van der Waals surface area contributed by atoms with Gasteiger partial charge in [0.1, 0.15) is 0 Å². The maximum atomic E-state index is 4.30. The molecule has 2 aromatic rings. The minimum absolute atomic E-state index is 0.156. The number of nitrogens with zero attached hydrogens (tertiary/aromatic N) is 1. The predicted molar refractivity (Wildman–Crippen MR) is 89.4 cm³/mol. The first-order chi connectivity index (χ1) is 9.42. The highest BCUT2D eigenvalue weighted by molar-refractivity contribution is 7.98.